The van der Waals surface area contributed by atoms with Crippen LogP contribution >= 0.6 is 0 Å². The zero-order valence-electron chi connectivity index (χ0n) is 3.25. The molecule has 0 fully saturated rings. The van der Waals surface area contributed by atoms with E-state index in [0.29, 0.717) is 0 Å². The van der Waals surface area contributed by atoms with Crippen LogP contribution in [0.25, 0.3) is 0 Å². The van der Waals surface area contributed by atoms with Crippen LogP contribution < -0.4 is 0 Å². The molecule has 0 radical (unpaired) electrons. The Balaban J connectivity index is -0.0000000800. The van der Waals surface area contributed by atoms with Gasteiger partial charge in [0.1, 0.15) is 0 Å². The molecule has 0 N–H and O–H groups in total. The Bertz CT molecular complexity index is 94.9. The third-order valence-corrected chi connectivity index (χ3v) is 0. The minimum atomic E-state index is -5.17. The van der Waals surface area contributed by atoms with Gasteiger partial charge in [-0.25, -0.2) is 0 Å². The Morgan fingerprint density at radius 2 is 1.14 bits per heavy atom. The average Bonchev–Trinajstić information content (AvgIpc) is 0.722. The normalized spacial score (nSPS) is 8.29. The summed E-state index contributed by atoms with van der Waals surface area (Å²) in [5.74, 6) is 0. The van der Waals surface area contributed by atoms with Gasteiger partial charge in [0.05, 0.1) is 0 Å². The smallest absolute Gasteiger partial charge is 0.759 e. The molecule has 0 amide bonds. The molecule has 0 saturated carbocycles. The van der Waals surface area contributed by atoms with E-state index in [1.54, 1.807) is 0 Å². The van der Waals surface area contributed by atoms with E-state index in [1.807, 2.05) is 0 Å². The number of hydrogen-bond acceptors (Lipinski definition) is 4. The fourth-order valence-electron chi connectivity index (χ4n) is 0. The van der Waals surface area contributed by atoms with E-state index in [4.69, 9.17) is 17.5 Å². The monoisotopic (exact) mass is 232 g/mol. The van der Waals surface area contributed by atoms with E-state index in [2.05, 4.69) is 0 Å². The van der Waals surface area contributed by atoms with Gasteiger partial charge in [-0.2, -0.15) is 0 Å². The Kier molecular flexibility index (Phi) is 14.2. The fourth-order valence-corrected chi connectivity index (χ4v) is 0. The van der Waals surface area contributed by atoms with Crippen molar-refractivity contribution < 1.29 is 39.2 Å². The predicted molar refractivity (Wildman–Crippen MR) is 16.2 cm³/mol. The minimum absolute atomic E-state index is 0. The molecule has 0 atom stereocenters. The van der Waals surface area contributed by atoms with Crippen LogP contribution in [-0.4, -0.2) is 63.0 Å². The van der Waals surface area contributed by atoms with Gasteiger partial charge >= 0.3 is 45.5 Å². The zero-order valence-corrected chi connectivity index (χ0v) is 9.10. The predicted octanol–water partition coefficient (Wildman–Crippen LogP) is -1.72. The van der Waals surface area contributed by atoms with E-state index in [-0.39, 0.29) is 67.2 Å². The fraction of sp³-hybridized carbons (Fsp3) is 0. The van der Waals surface area contributed by atoms with Gasteiger partial charge in [0.2, 0.25) is 0 Å². The van der Waals surface area contributed by atoms with Gasteiger partial charge < -0.3 is 9.11 Å². The topological polar surface area (TPSA) is 80.3 Å². The van der Waals surface area contributed by atoms with Crippen molar-refractivity contribution in [3.05, 3.63) is 0 Å². The standard InChI is InChI=1S/H2O4S.Sr.Ti/c1-5(2,3)4;;/h(H2,1,2,3,4);;/q;+2;/p-2. The largest absolute Gasteiger partial charge is 2.00 e. The summed E-state index contributed by atoms with van der Waals surface area (Å²) in [6.07, 6.45) is 0. The van der Waals surface area contributed by atoms with E-state index >= 15 is 0 Å². The van der Waals surface area contributed by atoms with Crippen molar-refractivity contribution >= 4 is 55.9 Å². The average molecular weight is 232 g/mol. The maximum Gasteiger partial charge on any atom is 2.00 e. The molecule has 0 aliphatic heterocycles. The molecule has 0 bridgehead atoms. The van der Waals surface area contributed by atoms with Gasteiger partial charge in [0.15, 0.2) is 0 Å². The third-order valence-electron chi connectivity index (χ3n) is 0. The van der Waals surface area contributed by atoms with Gasteiger partial charge in [0.25, 0.3) is 0 Å². The van der Waals surface area contributed by atoms with Crippen molar-refractivity contribution in [1.82, 2.24) is 0 Å². The first kappa shape index (κ1) is 16.0. The van der Waals surface area contributed by atoms with Crippen molar-refractivity contribution in [2.45, 2.75) is 0 Å². The van der Waals surface area contributed by atoms with E-state index < -0.39 is 10.4 Å². The van der Waals surface area contributed by atoms with Crippen LogP contribution in [0.3, 0.4) is 0 Å². The van der Waals surface area contributed by atoms with Crippen LogP contribution in [0.4, 0.5) is 0 Å². The third kappa shape index (κ3) is 69.6. The number of hydrogen-bond donors (Lipinski definition) is 0. The Morgan fingerprint density at radius 3 is 1.14 bits per heavy atom. The maximum absolute atomic E-state index is 8.52. The Hall–Kier alpha value is 2.06. The molecule has 7 heavy (non-hydrogen) atoms. The first-order valence-electron chi connectivity index (χ1n) is 0.667. The van der Waals surface area contributed by atoms with Crippen molar-refractivity contribution in [3.8, 4) is 0 Å². The summed E-state index contributed by atoms with van der Waals surface area (Å²) in [4.78, 5) is 0. The Labute approximate surface area is 93.4 Å². The molecule has 0 aliphatic rings. The molecule has 0 spiro atoms. The molecule has 0 aromatic heterocycles. The number of rotatable bonds is 0. The van der Waals surface area contributed by atoms with Gasteiger partial charge in [-0.3, -0.25) is 8.42 Å². The second-order valence-electron chi connectivity index (χ2n) is 0.408. The molecule has 0 saturated heterocycles. The van der Waals surface area contributed by atoms with Crippen LogP contribution in [0, 0.1) is 0 Å². The summed E-state index contributed by atoms with van der Waals surface area (Å²) in [5.41, 5.74) is 0. The van der Waals surface area contributed by atoms with E-state index in [9.17, 15) is 0 Å². The summed E-state index contributed by atoms with van der Waals surface area (Å²) in [6.45, 7) is 0. The molecule has 0 rings (SSSR count). The minimum Gasteiger partial charge on any atom is -0.759 e. The summed E-state index contributed by atoms with van der Waals surface area (Å²) in [5, 5.41) is 0. The molecular formula is O4SSrTi. The van der Waals surface area contributed by atoms with Crippen molar-refractivity contribution in [2.75, 3.05) is 0 Å². The maximum atomic E-state index is 8.52. The molecular weight excluding hydrogens is 232 g/mol. The summed E-state index contributed by atoms with van der Waals surface area (Å²) >= 11 is 0. The van der Waals surface area contributed by atoms with Crippen molar-refractivity contribution in [1.29, 1.82) is 0 Å². The molecule has 0 aromatic carbocycles. The molecule has 0 aliphatic carbocycles. The first-order chi connectivity index (χ1) is 2.00. The molecule has 0 aromatic rings. The van der Waals surface area contributed by atoms with Gasteiger partial charge in [-0.15, -0.1) is 0 Å². The molecule has 36 valence electrons. The van der Waals surface area contributed by atoms with E-state index in [0.717, 1.165) is 0 Å². The summed E-state index contributed by atoms with van der Waals surface area (Å²) in [6, 6.07) is 0. The summed E-state index contributed by atoms with van der Waals surface area (Å²) in [7, 11) is -5.17. The Morgan fingerprint density at radius 1 is 1.14 bits per heavy atom. The van der Waals surface area contributed by atoms with Crippen LogP contribution in [0.1, 0.15) is 0 Å². The quantitative estimate of drug-likeness (QED) is 0.282. The van der Waals surface area contributed by atoms with Gasteiger partial charge in [-0.05, 0) is 0 Å². The van der Waals surface area contributed by atoms with Crippen LogP contribution in [-0.2, 0) is 32.1 Å². The second kappa shape index (κ2) is 6.19. The zero-order chi connectivity index (χ0) is 4.50. The molecule has 4 nitrogen and oxygen atoms in total. The van der Waals surface area contributed by atoms with Crippen molar-refractivity contribution in [3.63, 3.8) is 0 Å². The first-order valence-corrected chi connectivity index (χ1v) is 2.00. The molecule has 0 heterocycles. The SMILES string of the molecule is O=S(=O)([O-])[O-].[Sr+2].[Ti]. The van der Waals surface area contributed by atoms with Crippen LogP contribution in [0.5, 0.6) is 0 Å². The summed E-state index contributed by atoms with van der Waals surface area (Å²) < 4.78 is 34.1. The van der Waals surface area contributed by atoms with Crippen LogP contribution in [0.15, 0.2) is 0 Å². The van der Waals surface area contributed by atoms with E-state index in [1.165, 1.54) is 0 Å². The van der Waals surface area contributed by atoms with Gasteiger partial charge in [0, 0.05) is 32.1 Å². The van der Waals surface area contributed by atoms with Crippen LogP contribution in [0.2, 0.25) is 0 Å². The van der Waals surface area contributed by atoms with Gasteiger partial charge in [-0.1, -0.05) is 0 Å². The molecule has 7 heteroatoms. The second-order valence-corrected chi connectivity index (χ2v) is 1.22. The molecule has 0 unspecified atom stereocenters. The van der Waals surface area contributed by atoms with Crippen molar-refractivity contribution in [2.24, 2.45) is 0 Å².